The van der Waals surface area contributed by atoms with Gasteiger partial charge < -0.3 is 0 Å². The van der Waals surface area contributed by atoms with Gasteiger partial charge in [0, 0.05) is 5.56 Å². The lowest BCUT2D eigenvalue weighted by Crippen LogP contribution is -2.15. The SMILES string of the molecule is C=CC1CCc2c(cc(F)c(C#Cc3ccc(Cl)c(F)c3)c2F)C1. The van der Waals surface area contributed by atoms with Gasteiger partial charge in [0.15, 0.2) is 0 Å². The van der Waals surface area contributed by atoms with Crippen LogP contribution in [0.25, 0.3) is 0 Å². The Morgan fingerprint density at radius 3 is 2.62 bits per heavy atom. The minimum atomic E-state index is -0.696. The molecule has 3 rings (SSSR count). The molecule has 0 N–H and O–H groups in total. The number of hydrogen-bond donors (Lipinski definition) is 0. The molecule has 2 aromatic rings. The van der Waals surface area contributed by atoms with Gasteiger partial charge in [-0.25, -0.2) is 13.2 Å². The third-order valence-electron chi connectivity index (χ3n) is 4.24. The molecule has 0 aliphatic heterocycles. The van der Waals surface area contributed by atoms with Crippen LogP contribution in [-0.4, -0.2) is 0 Å². The summed E-state index contributed by atoms with van der Waals surface area (Å²) < 4.78 is 42.3. The minimum absolute atomic E-state index is 0.0246. The molecule has 122 valence electrons. The van der Waals surface area contributed by atoms with Crippen LogP contribution in [0.2, 0.25) is 5.02 Å². The van der Waals surface area contributed by atoms with Crippen molar-refractivity contribution < 1.29 is 13.2 Å². The molecule has 0 saturated carbocycles. The fourth-order valence-electron chi connectivity index (χ4n) is 2.90. The summed E-state index contributed by atoms with van der Waals surface area (Å²) in [6.07, 6.45) is 3.72. The highest BCUT2D eigenvalue weighted by atomic mass is 35.5. The molecule has 0 heterocycles. The summed E-state index contributed by atoms with van der Waals surface area (Å²) in [7, 11) is 0. The van der Waals surface area contributed by atoms with Crippen molar-refractivity contribution in [2.24, 2.45) is 5.92 Å². The van der Waals surface area contributed by atoms with Crippen molar-refractivity contribution in [3.63, 3.8) is 0 Å². The average Bonchev–Trinajstić information content (AvgIpc) is 2.57. The molecular weight excluding hydrogens is 333 g/mol. The van der Waals surface area contributed by atoms with Gasteiger partial charge in [0.25, 0.3) is 0 Å². The van der Waals surface area contributed by atoms with E-state index in [1.165, 1.54) is 18.2 Å². The van der Waals surface area contributed by atoms with E-state index in [4.69, 9.17) is 11.6 Å². The predicted octanol–water partition coefficient (Wildman–Crippen LogP) is 5.45. The van der Waals surface area contributed by atoms with Gasteiger partial charge in [0.05, 0.1) is 10.6 Å². The lowest BCUT2D eigenvalue weighted by Gasteiger charge is -2.23. The van der Waals surface area contributed by atoms with Crippen LogP contribution in [0.15, 0.2) is 36.9 Å². The molecule has 0 fully saturated rings. The fourth-order valence-corrected chi connectivity index (χ4v) is 3.02. The van der Waals surface area contributed by atoms with Gasteiger partial charge in [-0.15, -0.1) is 6.58 Å². The topological polar surface area (TPSA) is 0 Å². The zero-order chi connectivity index (χ0) is 17.3. The van der Waals surface area contributed by atoms with Gasteiger partial charge in [-0.3, -0.25) is 0 Å². The van der Waals surface area contributed by atoms with Gasteiger partial charge in [0.1, 0.15) is 17.5 Å². The monoisotopic (exact) mass is 346 g/mol. The van der Waals surface area contributed by atoms with Crippen molar-refractivity contribution in [3.8, 4) is 11.8 Å². The van der Waals surface area contributed by atoms with E-state index < -0.39 is 17.5 Å². The second-order valence-electron chi connectivity index (χ2n) is 5.80. The van der Waals surface area contributed by atoms with E-state index >= 15 is 0 Å². The maximum absolute atomic E-state index is 14.6. The van der Waals surface area contributed by atoms with E-state index in [0.29, 0.717) is 29.5 Å². The van der Waals surface area contributed by atoms with Crippen molar-refractivity contribution in [1.82, 2.24) is 0 Å². The molecule has 0 radical (unpaired) electrons. The molecule has 0 spiro atoms. The summed E-state index contributed by atoms with van der Waals surface area (Å²) in [5.41, 5.74) is 1.21. The molecule has 0 amide bonds. The van der Waals surface area contributed by atoms with Crippen LogP contribution in [0.5, 0.6) is 0 Å². The van der Waals surface area contributed by atoms with E-state index in [-0.39, 0.29) is 16.5 Å². The van der Waals surface area contributed by atoms with Gasteiger partial charge in [-0.2, -0.15) is 0 Å². The summed E-state index contributed by atoms with van der Waals surface area (Å²) in [5.74, 6) is 3.39. The standard InChI is InChI=1S/C20H14ClF3/c1-2-12-3-6-15-14(9-12)11-18(22)16(20(15)24)7-4-13-5-8-17(21)19(23)10-13/h2,5,8,10-12H,1,3,6,9H2. The maximum Gasteiger partial charge on any atom is 0.145 e. The highest BCUT2D eigenvalue weighted by Crippen LogP contribution is 2.31. The van der Waals surface area contributed by atoms with Gasteiger partial charge in [0.2, 0.25) is 0 Å². The van der Waals surface area contributed by atoms with Crippen molar-refractivity contribution in [1.29, 1.82) is 0 Å². The first kappa shape index (κ1) is 16.7. The van der Waals surface area contributed by atoms with E-state index in [1.54, 1.807) is 0 Å². The highest BCUT2D eigenvalue weighted by Gasteiger charge is 2.23. The lowest BCUT2D eigenvalue weighted by atomic mass is 9.83. The molecule has 0 nitrogen and oxygen atoms in total. The Morgan fingerprint density at radius 1 is 1.12 bits per heavy atom. The number of allylic oxidation sites excluding steroid dienone is 1. The Balaban J connectivity index is 2.00. The molecule has 1 aliphatic rings. The van der Waals surface area contributed by atoms with Crippen molar-refractivity contribution in [2.45, 2.75) is 19.3 Å². The minimum Gasteiger partial charge on any atom is -0.206 e. The molecule has 1 unspecified atom stereocenters. The van der Waals surface area contributed by atoms with Crippen LogP contribution >= 0.6 is 11.6 Å². The number of hydrogen-bond acceptors (Lipinski definition) is 0. The van der Waals surface area contributed by atoms with Crippen molar-refractivity contribution in [2.75, 3.05) is 0 Å². The molecule has 2 aromatic carbocycles. The first-order valence-electron chi connectivity index (χ1n) is 7.59. The van der Waals surface area contributed by atoms with Crippen LogP contribution in [0.3, 0.4) is 0 Å². The highest BCUT2D eigenvalue weighted by molar-refractivity contribution is 6.30. The molecule has 0 bridgehead atoms. The average molecular weight is 347 g/mol. The fraction of sp³-hybridized carbons (Fsp3) is 0.200. The van der Waals surface area contributed by atoms with Gasteiger partial charge in [-0.1, -0.05) is 29.5 Å². The molecule has 0 saturated heterocycles. The zero-order valence-corrected chi connectivity index (χ0v) is 13.6. The smallest absolute Gasteiger partial charge is 0.145 e. The summed E-state index contributed by atoms with van der Waals surface area (Å²) in [6.45, 7) is 3.75. The first-order chi connectivity index (χ1) is 11.5. The van der Waals surface area contributed by atoms with E-state index in [2.05, 4.69) is 18.4 Å². The van der Waals surface area contributed by atoms with Crippen LogP contribution in [0, 0.1) is 35.2 Å². The van der Waals surface area contributed by atoms with E-state index in [1.807, 2.05) is 6.08 Å². The molecule has 1 atom stereocenters. The molecular formula is C20H14ClF3. The number of rotatable bonds is 1. The molecule has 0 aromatic heterocycles. The predicted molar refractivity (Wildman–Crippen MR) is 89.5 cm³/mol. The van der Waals surface area contributed by atoms with Crippen molar-refractivity contribution in [3.05, 3.63) is 81.6 Å². The van der Waals surface area contributed by atoms with Gasteiger partial charge in [-0.05, 0) is 60.6 Å². The Bertz CT molecular complexity index is 875. The van der Waals surface area contributed by atoms with E-state index in [0.717, 1.165) is 12.5 Å². The largest absolute Gasteiger partial charge is 0.206 e. The Morgan fingerprint density at radius 2 is 1.92 bits per heavy atom. The normalized spacial score (nSPS) is 16.1. The lowest BCUT2D eigenvalue weighted by molar-refractivity contribution is 0.505. The Hall–Kier alpha value is -2.18. The second-order valence-corrected chi connectivity index (χ2v) is 6.21. The summed E-state index contributed by atoms with van der Waals surface area (Å²) in [6, 6.07) is 5.34. The van der Waals surface area contributed by atoms with Crippen LogP contribution < -0.4 is 0 Å². The second kappa shape index (κ2) is 6.75. The number of halogens is 4. The number of benzene rings is 2. The molecule has 4 heteroatoms. The van der Waals surface area contributed by atoms with Gasteiger partial charge >= 0.3 is 0 Å². The van der Waals surface area contributed by atoms with Crippen LogP contribution in [0.1, 0.15) is 28.7 Å². The summed E-state index contributed by atoms with van der Waals surface area (Å²) in [5, 5.41) is -0.0246. The number of fused-ring (bicyclic) bond motifs is 1. The van der Waals surface area contributed by atoms with Crippen LogP contribution in [0.4, 0.5) is 13.2 Å². The third-order valence-corrected chi connectivity index (χ3v) is 4.55. The first-order valence-corrected chi connectivity index (χ1v) is 7.96. The molecule has 24 heavy (non-hydrogen) atoms. The van der Waals surface area contributed by atoms with Crippen LogP contribution in [-0.2, 0) is 12.8 Å². The third kappa shape index (κ3) is 3.20. The zero-order valence-electron chi connectivity index (χ0n) is 12.8. The summed E-state index contributed by atoms with van der Waals surface area (Å²) >= 11 is 5.60. The Labute approximate surface area is 144 Å². The molecule has 1 aliphatic carbocycles. The quantitative estimate of drug-likeness (QED) is 0.476. The summed E-state index contributed by atoms with van der Waals surface area (Å²) in [4.78, 5) is 0. The van der Waals surface area contributed by atoms with Crippen molar-refractivity contribution >= 4 is 11.6 Å². The Kier molecular flexibility index (Phi) is 4.69. The maximum atomic E-state index is 14.6. The van der Waals surface area contributed by atoms with E-state index in [9.17, 15) is 13.2 Å².